The Kier molecular flexibility index (Phi) is 2.20. The zero-order valence-electron chi connectivity index (χ0n) is 6.94. The molecule has 0 aliphatic heterocycles. The molecule has 1 N–H and O–H groups in total. The van der Waals surface area contributed by atoms with E-state index in [4.69, 9.17) is 12.2 Å². The van der Waals surface area contributed by atoms with E-state index in [1.165, 1.54) is 0 Å². The normalized spacial score (nSPS) is 10.2. The predicted octanol–water partition coefficient (Wildman–Crippen LogP) is 2.57. The van der Waals surface area contributed by atoms with Gasteiger partial charge in [-0.2, -0.15) is 0 Å². The van der Waals surface area contributed by atoms with Crippen molar-refractivity contribution in [2.24, 2.45) is 0 Å². The average Bonchev–Trinajstić information content (AvgIpc) is 2.53. The third-order valence-corrected chi connectivity index (χ3v) is 2.79. The van der Waals surface area contributed by atoms with Crippen LogP contribution in [0.15, 0.2) is 18.6 Å². The molecule has 0 atom stereocenters. The second-order valence-corrected chi connectivity index (χ2v) is 4.15. The number of aryl methyl sites for hydroxylation is 1. The molecule has 3 nitrogen and oxygen atoms in total. The Morgan fingerprint density at radius 3 is 2.92 bits per heavy atom. The molecular formula is C8H7N3S2. The van der Waals surface area contributed by atoms with Crippen molar-refractivity contribution >= 4 is 23.6 Å². The van der Waals surface area contributed by atoms with Crippen LogP contribution in [0.5, 0.6) is 0 Å². The molecule has 13 heavy (non-hydrogen) atoms. The summed E-state index contributed by atoms with van der Waals surface area (Å²) in [5.41, 5.74) is 0.808. The van der Waals surface area contributed by atoms with E-state index in [9.17, 15) is 0 Å². The van der Waals surface area contributed by atoms with Crippen molar-refractivity contribution in [1.29, 1.82) is 0 Å². The van der Waals surface area contributed by atoms with Gasteiger partial charge in [-0.1, -0.05) is 12.2 Å². The number of hydrogen-bond donors (Lipinski definition) is 1. The Balaban J connectivity index is 2.59. The van der Waals surface area contributed by atoms with Gasteiger partial charge >= 0.3 is 0 Å². The lowest BCUT2D eigenvalue weighted by molar-refractivity contribution is 1.19. The molecule has 0 amide bonds. The summed E-state index contributed by atoms with van der Waals surface area (Å²) in [6.07, 6.45) is 5.21. The molecule has 0 bridgehead atoms. The first kappa shape index (κ1) is 8.52. The van der Waals surface area contributed by atoms with Gasteiger partial charge in [-0.3, -0.25) is 4.98 Å². The van der Waals surface area contributed by atoms with Crippen LogP contribution in [0.3, 0.4) is 0 Å². The molecule has 0 aliphatic carbocycles. The minimum atomic E-state index is 0.658. The van der Waals surface area contributed by atoms with Crippen LogP contribution in [0.25, 0.3) is 10.6 Å². The summed E-state index contributed by atoms with van der Waals surface area (Å²) in [6.45, 7) is 1.96. The van der Waals surface area contributed by atoms with Crippen LogP contribution in [0.4, 0.5) is 0 Å². The highest BCUT2D eigenvalue weighted by Gasteiger charge is 2.04. The van der Waals surface area contributed by atoms with Crippen molar-refractivity contribution < 1.29 is 0 Å². The maximum atomic E-state index is 5.10. The monoisotopic (exact) mass is 209 g/mol. The SMILES string of the molecule is Cc1ncc(-c2ncc[nH]c2=S)s1. The fourth-order valence-corrected chi connectivity index (χ4v) is 2.07. The fraction of sp³-hybridized carbons (Fsp3) is 0.125. The summed E-state index contributed by atoms with van der Waals surface area (Å²) in [5.74, 6) is 0. The first-order chi connectivity index (χ1) is 6.27. The van der Waals surface area contributed by atoms with Crippen LogP contribution in [-0.4, -0.2) is 15.0 Å². The molecule has 0 aliphatic rings. The van der Waals surface area contributed by atoms with Gasteiger partial charge in [-0.25, -0.2) is 4.98 Å². The Bertz CT molecular complexity index is 472. The number of aromatic amines is 1. The molecular weight excluding hydrogens is 202 g/mol. The molecule has 2 aromatic heterocycles. The molecule has 2 rings (SSSR count). The zero-order valence-corrected chi connectivity index (χ0v) is 8.58. The van der Waals surface area contributed by atoms with Gasteiger partial charge in [0.1, 0.15) is 10.3 Å². The number of nitrogens with one attached hydrogen (secondary N) is 1. The van der Waals surface area contributed by atoms with Crippen LogP contribution >= 0.6 is 23.6 Å². The van der Waals surface area contributed by atoms with Gasteiger partial charge in [-0.15, -0.1) is 11.3 Å². The van der Waals surface area contributed by atoms with Crippen molar-refractivity contribution in [1.82, 2.24) is 15.0 Å². The summed E-state index contributed by atoms with van der Waals surface area (Å²) in [5, 5.41) is 1.02. The number of aromatic nitrogens is 3. The topological polar surface area (TPSA) is 41.6 Å². The predicted molar refractivity (Wildman–Crippen MR) is 55.3 cm³/mol. The molecule has 0 saturated carbocycles. The van der Waals surface area contributed by atoms with Crippen molar-refractivity contribution in [3.63, 3.8) is 0 Å². The first-order valence-electron chi connectivity index (χ1n) is 3.74. The van der Waals surface area contributed by atoms with Crippen LogP contribution in [-0.2, 0) is 0 Å². The highest BCUT2D eigenvalue weighted by molar-refractivity contribution is 7.71. The van der Waals surface area contributed by atoms with E-state index in [1.807, 2.05) is 6.92 Å². The highest BCUT2D eigenvalue weighted by atomic mass is 32.1. The molecule has 0 fully saturated rings. The van der Waals surface area contributed by atoms with E-state index in [2.05, 4.69) is 15.0 Å². The maximum absolute atomic E-state index is 5.10. The summed E-state index contributed by atoms with van der Waals surface area (Å²) in [6, 6.07) is 0. The summed E-state index contributed by atoms with van der Waals surface area (Å²) < 4.78 is 0.658. The van der Waals surface area contributed by atoms with E-state index in [0.29, 0.717) is 4.64 Å². The Hall–Kier alpha value is -1.07. The lowest BCUT2D eigenvalue weighted by atomic mass is 10.4. The van der Waals surface area contributed by atoms with Gasteiger partial charge in [0.05, 0.1) is 9.88 Å². The highest BCUT2D eigenvalue weighted by Crippen LogP contribution is 2.23. The van der Waals surface area contributed by atoms with E-state index in [0.717, 1.165) is 15.6 Å². The summed E-state index contributed by atoms with van der Waals surface area (Å²) >= 11 is 6.70. The third kappa shape index (κ3) is 1.66. The van der Waals surface area contributed by atoms with Gasteiger partial charge in [0.15, 0.2) is 0 Å². The molecule has 2 heterocycles. The van der Waals surface area contributed by atoms with Crippen molar-refractivity contribution in [2.45, 2.75) is 6.92 Å². The van der Waals surface area contributed by atoms with Crippen molar-refractivity contribution in [3.8, 4) is 10.6 Å². The first-order valence-corrected chi connectivity index (χ1v) is 4.96. The number of thiazole rings is 1. The third-order valence-electron chi connectivity index (χ3n) is 1.56. The van der Waals surface area contributed by atoms with E-state index < -0.39 is 0 Å². The lowest BCUT2D eigenvalue weighted by Gasteiger charge is -1.93. The van der Waals surface area contributed by atoms with Crippen LogP contribution < -0.4 is 0 Å². The van der Waals surface area contributed by atoms with Crippen molar-refractivity contribution in [3.05, 3.63) is 28.2 Å². The van der Waals surface area contributed by atoms with Gasteiger partial charge in [0.2, 0.25) is 0 Å². The van der Waals surface area contributed by atoms with Gasteiger partial charge < -0.3 is 4.98 Å². The van der Waals surface area contributed by atoms with Gasteiger partial charge in [-0.05, 0) is 6.92 Å². The standard InChI is InChI=1S/C8H7N3S2/c1-5-11-4-6(13-5)7-8(12)10-3-2-9-7/h2-4H,1H3,(H,10,12). The fourth-order valence-electron chi connectivity index (χ4n) is 0.998. The number of H-pyrrole nitrogens is 1. The van der Waals surface area contributed by atoms with Gasteiger partial charge in [0.25, 0.3) is 0 Å². The molecule has 0 unspecified atom stereocenters. The number of nitrogens with zero attached hydrogens (tertiary/aromatic N) is 2. The van der Waals surface area contributed by atoms with Crippen molar-refractivity contribution in [2.75, 3.05) is 0 Å². The smallest absolute Gasteiger partial charge is 0.130 e. The molecule has 2 aromatic rings. The molecule has 66 valence electrons. The lowest BCUT2D eigenvalue weighted by Crippen LogP contribution is -1.83. The summed E-state index contributed by atoms with van der Waals surface area (Å²) in [7, 11) is 0. The van der Waals surface area contributed by atoms with Crippen LogP contribution in [0.2, 0.25) is 0 Å². The van der Waals surface area contributed by atoms with E-state index in [1.54, 1.807) is 29.9 Å². The molecule has 0 radical (unpaired) electrons. The Morgan fingerprint density at radius 1 is 1.46 bits per heavy atom. The quantitative estimate of drug-likeness (QED) is 0.734. The van der Waals surface area contributed by atoms with Crippen LogP contribution in [0, 0.1) is 11.6 Å². The largest absolute Gasteiger partial charge is 0.350 e. The minimum absolute atomic E-state index is 0.658. The average molecular weight is 209 g/mol. The molecule has 0 spiro atoms. The van der Waals surface area contributed by atoms with E-state index >= 15 is 0 Å². The number of rotatable bonds is 1. The Morgan fingerprint density at radius 2 is 2.31 bits per heavy atom. The van der Waals surface area contributed by atoms with Gasteiger partial charge in [0, 0.05) is 18.6 Å². The zero-order chi connectivity index (χ0) is 9.26. The second kappa shape index (κ2) is 3.35. The Labute approximate surface area is 84.5 Å². The second-order valence-electron chi connectivity index (χ2n) is 2.51. The molecule has 0 saturated heterocycles. The van der Waals surface area contributed by atoms with Crippen LogP contribution in [0.1, 0.15) is 5.01 Å². The molecule has 5 heteroatoms. The summed E-state index contributed by atoms with van der Waals surface area (Å²) in [4.78, 5) is 12.3. The maximum Gasteiger partial charge on any atom is 0.130 e. The van der Waals surface area contributed by atoms with E-state index in [-0.39, 0.29) is 0 Å². The number of hydrogen-bond acceptors (Lipinski definition) is 4. The minimum Gasteiger partial charge on any atom is -0.350 e. The molecule has 0 aromatic carbocycles.